The van der Waals surface area contributed by atoms with Crippen molar-refractivity contribution in [2.45, 2.75) is 86.5 Å². The Morgan fingerprint density at radius 3 is 1.71 bits per heavy atom. The fraction of sp³-hybridized carbons (Fsp3) is 1.00. The van der Waals surface area contributed by atoms with Crippen LogP contribution in [-0.4, -0.2) is 0 Å². The molecule has 0 aromatic heterocycles. The zero-order chi connectivity index (χ0) is 13.3. The first-order chi connectivity index (χ1) is 8.10. The van der Waals surface area contributed by atoms with Gasteiger partial charge in [0.15, 0.2) is 0 Å². The molecule has 0 aliphatic heterocycles. The zero-order valence-corrected chi connectivity index (χ0v) is 13.3. The third kappa shape index (κ3) is 6.48. The van der Waals surface area contributed by atoms with E-state index in [1.54, 1.807) is 0 Å². The molecule has 17 heavy (non-hydrogen) atoms. The molecule has 0 rings (SSSR count). The smallest absolute Gasteiger partial charge is 0.0383 e. The summed E-state index contributed by atoms with van der Waals surface area (Å²) in [6, 6.07) is 0. The minimum Gasteiger partial charge on any atom is -0.0654 e. The Hall–Kier alpha value is 0. The third-order valence-electron chi connectivity index (χ3n) is 4.93. The van der Waals surface area contributed by atoms with Crippen molar-refractivity contribution in [1.29, 1.82) is 0 Å². The van der Waals surface area contributed by atoms with Gasteiger partial charge < -0.3 is 0 Å². The van der Waals surface area contributed by atoms with Crippen LogP contribution in [0, 0.1) is 23.7 Å². The van der Waals surface area contributed by atoms with Gasteiger partial charge in [0.1, 0.15) is 0 Å². The van der Waals surface area contributed by atoms with Crippen LogP contribution in [0.4, 0.5) is 0 Å². The second-order valence-corrected chi connectivity index (χ2v) is 6.08. The van der Waals surface area contributed by atoms with E-state index in [1.807, 2.05) is 0 Å². The lowest BCUT2D eigenvalue weighted by Crippen LogP contribution is -2.19. The molecule has 0 nitrogen and oxygen atoms in total. The van der Waals surface area contributed by atoms with E-state index in [9.17, 15) is 0 Å². The van der Waals surface area contributed by atoms with Crippen LogP contribution in [0.25, 0.3) is 0 Å². The molecule has 0 amide bonds. The molecule has 0 aromatic carbocycles. The Bertz CT molecular complexity index is 157. The molecule has 0 heterocycles. The van der Waals surface area contributed by atoms with Crippen LogP contribution in [0.2, 0.25) is 0 Å². The van der Waals surface area contributed by atoms with E-state index in [2.05, 4.69) is 41.5 Å². The first kappa shape index (κ1) is 17.0. The number of unbranched alkanes of at least 4 members (excludes halogenated alkanes) is 1. The van der Waals surface area contributed by atoms with Gasteiger partial charge in [-0.25, -0.2) is 0 Å². The predicted octanol–water partition coefficient (Wildman–Crippen LogP) is 6.30. The van der Waals surface area contributed by atoms with Crippen molar-refractivity contribution in [2.24, 2.45) is 23.7 Å². The van der Waals surface area contributed by atoms with Gasteiger partial charge in [-0.1, -0.05) is 80.1 Å². The summed E-state index contributed by atoms with van der Waals surface area (Å²) in [6.07, 6.45) is 9.79. The molecule has 104 valence electrons. The molecule has 0 N–H and O–H groups in total. The predicted molar refractivity (Wildman–Crippen MR) is 80.3 cm³/mol. The van der Waals surface area contributed by atoms with E-state index in [-0.39, 0.29) is 0 Å². The Labute approximate surface area is 111 Å². The van der Waals surface area contributed by atoms with Crippen LogP contribution in [0.1, 0.15) is 86.5 Å². The van der Waals surface area contributed by atoms with Crippen molar-refractivity contribution in [3.05, 3.63) is 0 Å². The van der Waals surface area contributed by atoms with E-state index >= 15 is 0 Å². The fourth-order valence-electron chi connectivity index (χ4n) is 3.08. The van der Waals surface area contributed by atoms with Gasteiger partial charge in [0.05, 0.1) is 0 Å². The highest BCUT2D eigenvalue weighted by Gasteiger charge is 2.22. The molecule has 0 bridgehead atoms. The van der Waals surface area contributed by atoms with E-state index in [1.165, 1.54) is 44.9 Å². The van der Waals surface area contributed by atoms with Crippen molar-refractivity contribution < 1.29 is 0 Å². The summed E-state index contributed by atoms with van der Waals surface area (Å²) < 4.78 is 0. The summed E-state index contributed by atoms with van der Waals surface area (Å²) in [5.74, 6) is 3.75. The highest BCUT2D eigenvalue weighted by atomic mass is 14.3. The van der Waals surface area contributed by atoms with Crippen molar-refractivity contribution in [2.75, 3.05) is 0 Å². The average molecular weight is 240 g/mol. The zero-order valence-electron chi connectivity index (χ0n) is 13.3. The summed E-state index contributed by atoms with van der Waals surface area (Å²) >= 11 is 0. The molecule has 0 saturated carbocycles. The molecule has 0 heteroatoms. The van der Waals surface area contributed by atoms with Gasteiger partial charge in [-0.15, -0.1) is 0 Å². The van der Waals surface area contributed by atoms with Crippen LogP contribution in [0.3, 0.4) is 0 Å². The Morgan fingerprint density at radius 1 is 0.706 bits per heavy atom. The number of hydrogen-bond donors (Lipinski definition) is 0. The quantitative estimate of drug-likeness (QED) is 0.420. The normalized spacial score (nSPS) is 17.1. The monoisotopic (exact) mass is 240 g/mol. The first-order valence-corrected chi connectivity index (χ1v) is 8.10. The van der Waals surface area contributed by atoms with Gasteiger partial charge >= 0.3 is 0 Å². The molecular weight excluding hydrogens is 204 g/mol. The molecule has 0 aliphatic carbocycles. The highest BCUT2D eigenvalue weighted by molar-refractivity contribution is 4.73. The van der Waals surface area contributed by atoms with Crippen LogP contribution >= 0.6 is 0 Å². The molecular formula is C17H36. The summed E-state index contributed by atoms with van der Waals surface area (Å²) in [5, 5.41) is 0. The fourth-order valence-corrected chi connectivity index (χ4v) is 3.08. The standard InChI is InChI=1S/C17H36/c1-7-11-12-17(16(9-3)10-4)13-15(6)14(5)8-2/h14-17H,7-13H2,1-6H3. The second-order valence-electron chi connectivity index (χ2n) is 6.08. The number of hydrogen-bond acceptors (Lipinski definition) is 0. The summed E-state index contributed by atoms with van der Waals surface area (Å²) in [7, 11) is 0. The molecule has 0 radical (unpaired) electrons. The lowest BCUT2D eigenvalue weighted by Gasteiger charge is -2.30. The van der Waals surface area contributed by atoms with Crippen molar-refractivity contribution in [3.63, 3.8) is 0 Å². The largest absolute Gasteiger partial charge is 0.0654 e. The van der Waals surface area contributed by atoms with Gasteiger partial charge in [0.2, 0.25) is 0 Å². The Balaban J connectivity index is 4.35. The summed E-state index contributed by atoms with van der Waals surface area (Å²) in [4.78, 5) is 0. The summed E-state index contributed by atoms with van der Waals surface area (Å²) in [5.41, 5.74) is 0. The molecule has 3 unspecified atom stereocenters. The van der Waals surface area contributed by atoms with Crippen LogP contribution in [0.15, 0.2) is 0 Å². The minimum absolute atomic E-state index is 0.897. The highest BCUT2D eigenvalue weighted by Crippen LogP contribution is 2.33. The average Bonchev–Trinajstić information content (AvgIpc) is 2.35. The van der Waals surface area contributed by atoms with Crippen LogP contribution in [0.5, 0.6) is 0 Å². The minimum atomic E-state index is 0.897. The molecule has 0 aromatic rings. The summed E-state index contributed by atoms with van der Waals surface area (Å²) in [6.45, 7) is 14.3. The molecule has 0 aliphatic rings. The Morgan fingerprint density at radius 2 is 1.29 bits per heavy atom. The molecule has 3 atom stereocenters. The lowest BCUT2D eigenvalue weighted by atomic mass is 9.76. The SMILES string of the molecule is CCCCC(CC(C)C(C)CC)C(CC)CC. The topological polar surface area (TPSA) is 0 Å². The maximum Gasteiger partial charge on any atom is -0.0383 e. The molecule has 0 saturated heterocycles. The lowest BCUT2D eigenvalue weighted by molar-refractivity contribution is 0.209. The van der Waals surface area contributed by atoms with Gasteiger partial charge in [-0.3, -0.25) is 0 Å². The van der Waals surface area contributed by atoms with E-state index < -0.39 is 0 Å². The third-order valence-corrected chi connectivity index (χ3v) is 4.93. The molecule has 0 fully saturated rings. The van der Waals surface area contributed by atoms with E-state index in [0.29, 0.717) is 0 Å². The van der Waals surface area contributed by atoms with Crippen molar-refractivity contribution in [3.8, 4) is 0 Å². The first-order valence-electron chi connectivity index (χ1n) is 8.10. The van der Waals surface area contributed by atoms with Crippen molar-refractivity contribution >= 4 is 0 Å². The second kappa shape index (κ2) is 9.97. The van der Waals surface area contributed by atoms with Gasteiger partial charge in [0, 0.05) is 0 Å². The van der Waals surface area contributed by atoms with Crippen molar-refractivity contribution in [1.82, 2.24) is 0 Å². The van der Waals surface area contributed by atoms with E-state index in [4.69, 9.17) is 0 Å². The van der Waals surface area contributed by atoms with Crippen LogP contribution < -0.4 is 0 Å². The van der Waals surface area contributed by atoms with Gasteiger partial charge in [-0.05, 0) is 30.1 Å². The van der Waals surface area contributed by atoms with E-state index in [0.717, 1.165) is 23.7 Å². The number of rotatable bonds is 10. The van der Waals surface area contributed by atoms with Gasteiger partial charge in [-0.2, -0.15) is 0 Å². The maximum atomic E-state index is 2.47. The van der Waals surface area contributed by atoms with Gasteiger partial charge in [0.25, 0.3) is 0 Å². The molecule has 0 spiro atoms. The Kier molecular flexibility index (Phi) is 9.97. The van der Waals surface area contributed by atoms with Crippen LogP contribution in [-0.2, 0) is 0 Å². The maximum absolute atomic E-state index is 2.47.